The van der Waals surface area contributed by atoms with E-state index in [9.17, 15) is 23.7 Å². The molecule has 0 saturated carbocycles. The largest absolute Gasteiger partial charge is 0.772 e. The molecule has 1 aromatic rings. The number of nitro benzene ring substituents is 1. The lowest BCUT2D eigenvalue weighted by Crippen LogP contribution is -2.09. The number of nitrogens with zero attached hydrogens (tertiary/aromatic N) is 1. The van der Waals surface area contributed by atoms with Crippen LogP contribution in [0.5, 0.6) is 5.75 Å². The molecular formula is C11H11ClNO6S-. The molecule has 0 saturated heterocycles. The van der Waals surface area contributed by atoms with Crippen LogP contribution in [0.2, 0.25) is 0 Å². The lowest BCUT2D eigenvalue weighted by molar-refractivity contribution is -0.385. The summed E-state index contributed by atoms with van der Waals surface area (Å²) in [6.45, 7) is 0. The molecule has 20 heavy (non-hydrogen) atoms. The molecule has 0 radical (unpaired) electrons. The standard InChI is InChI=1S/C11H12ClNO6S/c12-5-1-2-11(14)19-10-4-3-8(7-20(17)18)6-9(10)13(15)16/h3-4,6H,1-2,5,7H2,(H,17,18)/p-1. The van der Waals surface area contributed by atoms with E-state index in [2.05, 4.69) is 0 Å². The number of ether oxygens (including phenoxy) is 1. The summed E-state index contributed by atoms with van der Waals surface area (Å²) in [6, 6.07) is 3.63. The summed E-state index contributed by atoms with van der Waals surface area (Å²) < 4.78 is 26.0. The van der Waals surface area contributed by atoms with Crippen LogP contribution >= 0.6 is 11.6 Å². The SMILES string of the molecule is O=C(CCCCl)Oc1ccc(CS(=O)[O-])cc1[N+](=O)[O-]. The van der Waals surface area contributed by atoms with Crippen molar-refractivity contribution in [2.45, 2.75) is 18.6 Å². The topological polar surface area (TPSA) is 110 Å². The first-order valence-corrected chi connectivity index (χ1v) is 7.31. The Bertz CT molecular complexity index is 536. The lowest BCUT2D eigenvalue weighted by atomic mass is 10.2. The Balaban J connectivity index is 2.92. The Kier molecular flexibility index (Phi) is 6.56. The number of alkyl halides is 1. The molecule has 0 amide bonds. The number of hydrogen-bond acceptors (Lipinski definition) is 6. The van der Waals surface area contributed by atoms with E-state index in [1.807, 2.05) is 0 Å². The van der Waals surface area contributed by atoms with Crippen molar-refractivity contribution in [3.63, 3.8) is 0 Å². The number of carbonyl (C=O) groups excluding carboxylic acids is 1. The number of esters is 1. The summed E-state index contributed by atoms with van der Waals surface area (Å²) in [6.07, 6.45) is 0.453. The second-order valence-electron chi connectivity index (χ2n) is 3.77. The van der Waals surface area contributed by atoms with Crippen LogP contribution in [-0.2, 0) is 21.6 Å². The third-order valence-electron chi connectivity index (χ3n) is 2.24. The smallest absolute Gasteiger partial charge is 0.311 e. The number of carbonyl (C=O) groups is 1. The molecule has 110 valence electrons. The summed E-state index contributed by atoms with van der Waals surface area (Å²) in [5.74, 6) is -0.906. The molecule has 0 fully saturated rings. The van der Waals surface area contributed by atoms with E-state index in [0.29, 0.717) is 6.42 Å². The van der Waals surface area contributed by atoms with Crippen LogP contribution in [0.1, 0.15) is 18.4 Å². The Hall–Kier alpha value is -1.51. The van der Waals surface area contributed by atoms with E-state index in [-0.39, 0.29) is 29.4 Å². The fraction of sp³-hybridized carbons (Fsp3) is 0.364. The Morgan fingerprint density at radius 3 is 2.70 bits per heavy atom. The molecule has 0 N–H and O–H groups in total. The quantitative estimate of drug-likeness (QED) is 0.189. The summed E-state index contributed by atoms with van der Waals surface area (Å²) in [4.78, 5) is 21.6. The Morgan fingerprint density at radius 1 is 1.45 bits per heavy atom. The number of rotatable bonds is 7. The highest BCUT2D eigenvalue weighted by Crippen LogP contribution is 2.28. The van der Waals surface area contributed by atoms with Gasteiger partial charge in [0.25, 0.3) is 0 Å². The van der Waals surface area contributed by atoms with Gasteiger partial charge in [-0.15, -0.1) is 11.6 Å². The summed E-state index contributed by atoms with van der Waals surface area (Å²) in [7, 11) is 0. The van der Waals surface area contributed by atoms with Gasteiger partial charge in [0.1, 0.15) is 0 Å². The number of halogens is 1. The highest BCUT2D eigenvalue weighted by Gasteiger charge is 2.18. The van der Waals surface area contributed by atoms with E-state index < -0.39 is 27.7 Å². The van der Waals surface area contributed by atoms with E-state index in [1.54, 1.807) is 0 Å². The fourth-order valence-electron chi connectivity index (χ4n) is 1.40. The maximum Gasteiger partial charge on any atom is 0.311 e. The predicted molar refractivity (Wildman–Crippen MR) is 71.3 cm³/mol. The molecule has 0 aliphatic carbocycles. The van der Waals surface area contributed by atoms with Gasteiger partial charge in [-0.05, 0) is 18.1 Å². The van der Waals surface area contributed by atoms with Crippen molar-refractivity contribution in [3.8, 4) is 5.75 Å². The molecule has 1 unspecified atom stereocenters. The van der Waals surface area contributed by atoms with E-state index in [1.165, 1.54) is 12.1 Å². The minimum atomic E-state index is -2.35. The minimum absolute atomic E-state index is 0.0486. The molecule has 0 heterocycles. The maximum atomic E-state index is 11.4. The predicted octanol–water partition coefficient (Wildman–Crippen LogP) is 1.90. The van der Waals surface area contributed by atoms with E-state index >= 15 is 0 Å². The van der Waals surface area contributed by atoms with Gasteiger partial charge in [-0.3, -0.25) is 19.1 Å². The number of nitro groups is 1. The van der Waals surface area contributed by atoms with Crippen molar-refractivity contribution in [1.29, 1.82) is 0 Å². The van der Waals surface area contributed by atoms with Gasteiger partial charge in [-0.2, -0.15) is 0 Å². The average Bonchev–Trinajstić information content (AvgIpc) is 2.37. The third-order valence-corrected chi connectivity index (χ3v) is 3.08. The van der Waals surface area contributed by atoms with E-state index in [0.717, 1.165) is 6.07 Å². The molecule has 0 aliphatic heterocycles. The van der Waals surface area contributed by atoms with Crippen molar-refractivity contribution >= 4 is 34.3 Å². The zero-order valence-electron chi connectivity index (χ0n) is 10.2. The van der Waals surface area contributed by atoms with Gasteiger partial charge >= 0.3 is 11.7 Å². The summed E-state index contributed by atoms with van der Waals surface area (Å²) in [5, 5.41) is 10.9. The molecule has 7 nitrogen and oxygen atoms in total. The zero-order chi connectivity index (χ0) is 15.1. The second-order valence-corrected chi connectivity index (χ2v) is 5.05. The Morgan fingerprint density at radius 2 is 2.15 bits per heavy atom. The van der Waals surface area contributed by atoms with Crippen LogP contribution in [0.15, 0.2) is 18.2 Å². The molecule has 0 bridgehead atoms. The van der Waals surface area contributed by atoms with Gasteiger partial charge in [0.2, 0.25) is 5.75 Å². The highest BCUT2D eigenvalue weighted by molar-refractivity contribution is 7.78. The van der Waals surface area contributed by atoms with Crippen molar-refractivity contribution in [1.82, 2.24) is 0 Å². The monoisotopic (exact) mass is 320 g/mol. The van der Waals surface area contributed by atoms with Crippen molar-refractivity contribution in [2.75, 3.05) is 5.88 Å². The van der Waals surface area contributed by atoms with Crippen LogP contribution in [0.3, 0.4) is 0 Å². The number of benzene rings is 1. The lowest BCUT2D eigenvalue weighted by Gasteiger charge is -2.08. The summed E-state index contributed by atoms with van der Waals surface area (Å²) in [5.41, 5.74) is -0.210. The maximum absolute atomic E-state index is 11.4. The van der Waals surface area contributed by atoms with Gasteiger partial charge in [0, 0.05) is 24.1 Å². The average molecular weight is 321 g/mol. The zero-order valence-corrected chi connectivity index (χ0v) is 11.8. The third kappa shape index (κ3) is 5.24. The second kappa shape index (κ2) is 7.93. The van der Waals surface area contributed by atoms with Crippen LogP contribution in [-0.4, -0.2) is 25.5 Å². The van der Waals surface area contributed by atoms with E-state index in [4.69, 9.17) is 16.3 Å². The van der Waals surface area contributed by atoms with Gasteiger partial charge in [0.05, 0.1) is 4.92 Å². The molecule has 1 rings (SSSR count). The molecular weight excluding hydrogens is 310 g/mol. The van der Waals surface area contributed by atoms with Gasteiger partial charge in [-0.1, -0.05) is 17.1 Å². The minimum Gasteiger partial charge on any atom is -0.772 e. The molecule has 1 aromatic carbocycles. The Labute approximate surface area is 122 Å². The van der Waals surface area contributed by atoms with Crippen LogP contribution in [0.4, 0.5) is 5.69 Å². The van der Waals surface area contributed by atoms with Crippen LogP contribution < -0.4 is 4.74 Å². The van der Waals surface area contributed by atoms with Crippen molar-refractivity contribution in [3.05, 3.63) is 33.9 Å². The van der Waals surface area contributed by atoms with Crippen molar-refractivity contribution in [2.24, 2.45) is 0 Å². The first kappa shape index (κ1) is 16.5. The number of hydrogen-bond donors (Lipinski definition) is 0. The van der Waals surface area contributed by atoms with Gasteiger partial charge < -0.3 is 9.29 Å². The molecule has 1 atom stereocenters. The van der Waals surface area contributed by atoms with Gasteiger partial charge in [-0.25, -0.2) is 0 Å². The molecule has 0 aliphatic rings. The first-order valence-electron chi connectivity index (χ1n) is 5.54. The van der Waals surface area contributed by atoms with Crippen LogP contribution in [0, 0.1) is 10.1 Å². The molecule has 0 spiro atoms. The molecule has 9 heteroatoms. The van der Waals surface area contributed by atoms with Crippen LogP contribution in [0.25, 0.3) is 0 Å². The summed E-state index contributed by atoms with van der Waals surface area (Å²) >= 11 is 3.07. The highest BCUT2D eigenvalue weighted by atomic mass is 35.5. The fourth-order valence-corrected chi connectivity index (χ4v) is 1.99. The molecule has 0 aromatic heterocycles. The first-order chi connectivity index (χ1) is 9.43. The van der Waals surface area contributed by atoms with Crippen molar-refractivity contribution < 1.29 is 23.2 Å². The van der Waals surface area contributed by atoms with Gasteiger partial charge in [0.15, 0.2) is 0 Å². The normalized spacial score (nSPS) is 11.9.